The third-order valence-corrected chi connectivity index (χ3v) is 4.72. The van der Waals surface area contributed by atoms with E-state index in [0.717, 1.165) is 43.0 Å². The van der Waals surface area contributed by atoms with Crippen molar-refractivity contribution >= 4 is 0 Å². The highest BCUT2D eigenvalue weighted by Crippen LogP contribution is 2.41. The van der Waals surface area contributed by atoms with Gasteiger partial charge >= 0.3 is 0 Å². The molecule has 2 atom stereocenters. The molecule has 1 saturated heterocycles. The second kappa shape index (κ2) is 6.93. The normalized spacial score (nSPS) is 21.7. The number of nitrogens with one attached hydrogen (secondary N) is 1. The van der Waals surface area contributed by atoms with Gasteiger partial charge < -0.3 is 24.3 Å². The van der Waals surface area contributed by atoms with Gasteiger partial charge in [0.25, 0.3) is 0 Å². The van der Waals surface area contributed by atoms with Crippen molar-refractivity contribution in [3.8, 4) is 17.2 Å². The quantitative estimate of drug-likeness (QED) is 0.864. The number of methoxy groups -OCH3 is 1. The second-order valence-electron chi connectivity index (χ2n) is 6.45. The van der Waals surface area contributed by atoms with Crippen LogP contribution in [0.25, 0.3) is 0 Å². The van der Waals surface area contributed by atoms with Crippen LogP contribution in [-0.2, 0) is 18.3 Å². The summed E-state index contributed by atoms with van der Waals surface area (Å²) in [5.74, 6) is 2.59. The zero-order valence-electron chi connectivity index (χ0n) is 14.5. The number of aryl methyl sites for hydroxylation is 1. The van der Waals surface area contributed by atoms with Gasteiger partial charge in [0.1, 0.15) is 0 Å². The highest BCUT2D eigenvalue weighted by atomic mass is 16.7. The summed E-state index contributed by atoms with van der Waals surface area (Å²) in [7, 11) is 3.57. The second-order valence-corrected chi connectivity index (χ2v) is 6.45. The third-order valence-electron chi connectivity index (χ3n) is 4.72. The molecule has 1 fully saturated rings. The first-order valence-corrected chi connectivity index (χ1v) is 8.52. The van der Waals surface area contributed by atoms with Crippen LogP contribution >= 0.6 is 0 Å². The minimum atomic E-state index is 0.118. The molecule has 0 radical (unpaired) electrons. The highest BCUT2D eigenvalue weighted by Gasteiger charge is 2.30. The molecule has 4 rings (SSSR count). The molecule has 0 aliphatic carbocycles. The van der Waals surface area contributed by atoms with Gasteiger partial charge in [-0.2, -0.15) is 5.10 Å². The molecule has 2 aromatic rings. The summed E-state index contributed by atoms with van der Waals surface area (Å²) in [5, 5.41) is 7.79. The van der Waals surface area contributed by atoms with Crippen molar-refractivity contribution in [2.24, 2.45) is 13.0 Å². The minimum absolute atomic E-state index is 0.118. The lowest BCUT2D eigenvalue weighted by molar-refractivity contribution is 0.0904. The highest BCUT2D eigenvalue weighted by molar-refractivity contribution is 5.55. The standard InChI is InChI=1S/C18H23N3O4/c1-21-10-14(9-20-21)17-13(3-4-23-17)8-19-7-12-5-15(22-2)18-16(6-12)24-11-25-18/h5-6,9-10,13,17,19H,3-4,7-8,11H2,1-2H3/t13-,17+/m0/s1. The van der Waals surface area contributed by atoms with Gasteiger partial charge in [-0.25, -0.2) is 0 Å². The summed E-state index contributed by atoms with van der Waals surface area (Å²) in [5.41, 5.74) is 2.26. The Morgan fingerprint density at radius 2 is 2.28 bits per heavy atom. The summed E-state index contributed by atoms with van der Waals surface area (Å²) in [6.07, 6.45) is 5.10. The van der Waals surface area contributed by atoms with Crippen LogP contribution < -0.4 is 19.5 Å². The van der Waals surface area contributed by atoms with E-state index < -0.39 is 0 Å². The Kier molecular flexibility index (Phi) is 4.50. The van der Waals surface area contributed by atoms with Crippen molar-refractivity contribution in [2.45, 2.75) is 19.1 Å². The molecular weight excluding hydrogens is 322 g/mol. The number of hydrogen-bond donors (Lipinski definition) is 1. The SMILES string of the molecule is COc1cc(CNC[C@@H]2CCO[C@H]2c2cnn(C)c2)cc2c1OCO2. The van der Waals surface area contributed by atoms with Gasteiger partial charge in [-0.15, -0.1) is 0 Å². The van der Waals surface area contributed by atoms with Crippen LogP contribution in [-0.4, -0.2) is 36.8 Å². The van der Waals surface area contributed by atoms with Crippen molar-refractivity contribution in [2.75, 3.05) is 27.1 Å². The fraction of sp³-hybridized carbons (Fsp3) is 0.500. The zero-order chi connectivity index (χ0) is 17.2. The Morgan fingerprint density at radius 3 is 3.08 bits per heavy atom. The Hall–Kier alpha value is -2.25. The lowest BCUT2D eigenvalue weighted by atomic mass is 9.97. The number of aromatic nitrogens is 2. The Morgan fingerprint density at radius 1 is 1.36 bits per heavy atom. The van der Waals surface area contributed by atoms with Gasteiger partial charge in [-0.3, -0.25) is 4.68 Å². The van der Waals surface area contributed by atoms with E-state index in [0.29, 0.717) is 17.4 Å². The molecule has 0 spiro atoms. The number of hydrogen-bond acceptors (Lipinski definition) is 6. The van der Waals surface area contributed by atoms with E-state index in [1.54, 1.807) is 7.11 Å². The predicted octanol–water partition coefficient (Wildman–Crippen LogP) is 2.02. The van der Waals surface area contributed by atoms with Crippen LogP contribution in [0.2, 0.25) is 0 Å². The maximum atomic E-state index is 5.91. The molecule has 2 aliphatic rings. The molecule has 1 N–H and O–H groups in total. The number of fused-ring (bicyclic) bond motifs is 1. The summed E-state index contributed by atoms with van der Waals surface area (Å²) >= 11 is 0. The van der Waals surface area contributed by atoms with Gasteiger partial charge in [0.15, 0.2) is 11.5 Å². The van der Waals surface area contributed by atoms with Crippen molar-refractivity contribution in [1.29, 1.82) is 0 Å². The maximum Gasteiger partial charge on any atom is 0.231 e. The zero-order valence-corrected chi connectivity index (χ0v) is 14.5. The van der Waals surface area contributed by atoms with Crippen molar-refractivity contribution in [3.63, 3.8) is 0 Å². The van der Waals surface area contributed by atoms with E-state index >= 15 is 0 Å². The van der Waals surface area contributed by atoms with Crippen LogP contribution in [0.4, 0.5) is 0 Å². The van der Waals surface area contributed by atoms with E-state index in [1.165, 1.54) is 0 Å². The van der Waals surface area contributed by atoms with Crippen molar-refractivity contribution in [3.05, 3.63) is 35.7 Å². The van der Waals surface area contributed by atoms with E-state index in [1.807, 2.05) is 36.3 Å². The molecule has 0 unspecified atom stereocenters. The maximum absolute atomic E-state index is 5.91. The predicted molar refractivity (Wildman–Crippen MR) is 90.8 cm³/mol. The molecule has 3 heterocycles. The van der Waals surface area contributed by atoms with Gasteiger partial charge in [-0.05, 0) is 24.1 Å². The van der Waals surface area contributed by atoms with E-state index in [9.17, 15) is 0 Å². The van der Waals surface area contributed by atoms with Gasteiger partial charge in [0, 0.05) is 44.4 Å². The number of benzene rings is 1. The largest absolute Gasteiger partial charge is 0.493 e. The van der Waals surface area contributed by atoms with E-state index in [4.69, 9.17) is 18.9 Å². The molecule has 1 aromatic heterocycles. The Balaban J connectivity index is 1.37. The summed E-state index contributed by atoms with van der Waals surface area (Å²) in [4.78, 5) is 0. The van der Waals surface area contributed by atoms with E-state index in [2.05, 4.69) is 10.4 Å². The fourth-order valence-corrected chi connectivity index (χ4v) is 3.49. The summed E-state index contributed by atoms with van der Waals surface area (Å²) in [6.45, 7) is 2.66. The first kappa shape index (κ1) is 16.2. The summed E-state index contributed by atoms with van der Waals surface area (Å²) in [6, 6.07) is 3.99. The van der Waals surface area contributed by atoms with Crippen LogP contribution in [0.15, 0.2) is 24.5 Å². The van der Waals surface area contributed by atoms with Crippen molar-refractivity contribution in [1.82, 2.24) is 15.1 Å². The molecule has 134 valence electrons. The van der Waals surface area contributed by atoms with E-state index in [-0.39, 0.29) is 12.9 Å². The van der Waals surface area contributed by atoms with Gasteiger partial charge in [-0.1, -0.05) is 0 Å². The first-order valence-electron chi connectivity index (χ1n) is 8.52. The molecule has 1 aromatic carbocycles. The van der Waals surface area contributed by atoms with Gasteiger partial charge in [0.2, 0.25) is 12.5 Å². The average Bonchev–Trinajstić information content (AvgIpc) is 3.34. The van der Waals surface area contributed by atoms with Crippen molar-refractivity contribution < 1.29 is 18.9 Å². The molecule has 2 aliphatic heterocycles. The van der Waals surface area contributed by atoms with Crippen LogP contribution in [0.3, 0.4) is 0 Å². The molecule has 0 saturated carbocycles. The Labute approximate surface area is 146 Å². The molecule has 0 bridgehead atoms. The van der Waals surface area contributed by atoms with Gasteiger partial charge in [0.05, 0.1) is 19.4 Å². The molecular formula is C18H23N3O4. The number of ether oxygens (including phenoxy) is 4. The fourth-order valence-electron chi connectivity index (χ4n) is 3.49. The Bertz CT molecular complexity index is 746. The molecule has 7 nitrogen and oxygen atoms in total. The first-order chi connectivity index (χ1) is 12.2. The topological polar surface area (TPSA) is 66.8 Å². The number of nitrogens with zero attached hydrogens (tertiary/aromatic N) is 2. The summed E-state index contributed by atoms with van der Waals surface area (Å²) < 4.78 is 24.0. The smallest absolute Gasteiger partial charge is 0.231 e. The number of rotatable bonds is 6. The van der Waals surface area contributed by atoms with Crippen LogP contribution in [0.1, 0.15) is 23.7 Å². The molecule has 0 amide bonds. The lowest BCUT2D eigenvalue weighted by Gasteiger charge is -2.18. The third kappa shape index (κ3) is 3.29. The van der Waals surface area contributed by atoms with Crippen LogP contribution in [0, 0.1) is 5.92 Å². The molecule has 7 heteroatoms. The minimum Gasteiger partial charge on any atom is -0.493 e. The monoisotopic (exact) mass is 345 g/mol. The molecule has 25 heavy (non-hydrogen) atoms. The average molecular weight is 345 g/mol. The lowest BCUT2D eigenvalue weighted by Crippen LogP contribution is -2.24. The van der Waals surface area contributed by atoms with Crippen LogP contribution in [0.5, 0.6) is 17.2 Å².